The summed E-state index contributed by atoms with van der Waals surface area (Å²) in [5.41, 5.74) is 4.97. The van der Waals surface area contributed by atoms with Gasteiger partial charge in [0.05, 0.1) is 12.7 Å². The Kier molecular flexibility index (Phi) is 4.28. The lowest BCUT2D eigenvalue weighted by Crippen LogP contribution is -2.10. The Morgan fingerprint density at radius 3 is 2.42 bits per heavy atom. The summed E-state index contributed by atoms with van der Waals surface area (Å²) in [6, 6.07) is 23.6. The van der Waals surface area contributed by atoms with Crippen LogP contribution in [0, 0.1) is 6.92 Å². The monoisotopic (exact) mass is 342 g/mol. The van der Waals surface area contributed by atoms with Crippen LogP contribution in [-0.2, 0) is 11.2 Å². The average molecular weight is 342 g/mol. The molecule has 0 spiro atoms. The highest BCUT2D eigenvalue weighted by Crippen LogP contribution is 2.24. The van der Waals surface area contributed by atoms with Crippen molar-refractivity contribution in [2.24, 2.45) is 0 Å². The molecule has 0 saturated carbocycles. The Bertz CT molecular complexity index is 1040. The Labute approximate surface area is 151 Å². The predicted octanol–water partition coefficient (Wildman–Crippen LogP) is 5.56. The van der Waals surface area contributed by atoms with Crippen molar-refractivity contribution in [2.45, 2.75) is 13.3 Å². The van der Waals surface area contributed by atoms with Gasteiger partial charge in [-0.05, 0) is 41.8 Å². The van der Waals surface area contributed by atoms with Gasteiger partial charge in [-0.15, -0.1) is 0 Å². The van der Waals surface area contributed by atoms with Crippen molar-refractivity contribution in [1.82, 2.24) is 0 Å². The summed E-state index contributed by atoms with van der Waals surface area (Å²) in [6.07, 6.45) is 1.81. The molecule has 4 aromatic rings. The van der Waals surface area contributed by atoms with Gasteiger partial charge in [0.2, 0.25) is 0 Å². The number of ether oxygens (including phenoxy) is 1. The maximum atomic E-state index is 12.3. The number of furan rings is 1. The van der Waals surface area contributed by atoms with Gasteiger partial charge in [-0.25, -0.2) is 0 Å². The van der Waals surface area contributed by atoms with E-state index in [1.165, 1.54) is 0 Å². The van der Waals surface area contributed by atoms with Gasteiger partial charge < -0.3 is 9.15 Å². The quantitative estimate of drug-likeness (QED) is 0.360. The second-order valence-electron chi connectivity index (χ2n) is 6.30. The zero-order valence-electron chi connectivity index (χ0n) is 14.4. The fourth-order valence-corrected chi connectivity index (χ4v) is 3.00. The summed E-state index contributed by atoms with van der Waals surface area (Å²) < 4.78 is 11.0. The van der Waals surface area contributed by atoms with E-state index in [1.807, 2.05) is 79.7 Å². The van der Waals surface area contributed by atoms with Gasteiger partial charge in [-0.3, -0.25) is 4.79 Å². The van der Waals surface area contributed by atoms with Gasteiger partial charge in [0, 0.05) is 10.9 Å². The Morgan fingerprint density at radius 1 is 0.923 bits per heavy atom. The highest BCUT2D eigenvalue weighted by atomic mass is 16.5. The van der Waals surface area contributed by atoms with E-state index in [9.17, 15) is 4.79 Å². The number of carbonyl (C=O) groups excluding carboxylic acids is 1. The number of carbonyl (C=O) groups is 1. The van der Waals surface area contributed by atoms with Gasteiger partial charge in [0.15, 0.2) is 0 Å². The first-order valence-electron chi connectivity index (χ1n) is 8.52. The summed E-state index contributed by atoms with van der Waals surface area (Å²) in [5.74, 6) is 0.235. The summed E-state index contributed by atoms with van der Waals surface area (Å²) in [5, 5.41) is 0.951. The van der Waals surface area contributed by atoms with Crippen molar-refractivity contribution in [2.75, 3.05) is 0 Å². The highest BCUT2D eigenvalue weighted by molar-refractivity contribution is 5.86. The molecule has 3 nitrogen and oxygen atoms in total. The molecule has 0 saturated heterocycles. The van der Waals surface area contributed by atoms with Gasteiger partial charge >= 0.3 is 5.97 Å². The van der Waals surface area contributed by atoms with Crippen molar-refractivity contribution in [3.05, 3.63) is 90.2 Å². The molecule has 0 aliphatic heterocycles. The lowest BCUT2D eigenvalue weighted by Gasteiger charge is -2.06. The molecule has 0 radical (unpaired) electrons. The minimum atomic E-state index is -0.305. The molecule has 3 heteroatoms. The van der Waals surface area contributed by atoms with E-state index in [4.69, 9.17) is 9.15 Å². The second kappa shape index (κ2) is 6.89. The predicted molar refractivity (Wildman–Crippen MR) is 102 cm³/mol. The van der Waals surface area contributed by atoms with Crippen LogP contribution in [0.1, 0.15) is 11.1 Å². The Hall–Kier alpha value is -3.33. The van der Waals surface area contributed by atoms with E-state index >= 15 is 0 Å². The van der Waals surface area contributed by atoms with E-state index in [0.29, 0.717) is 5.75 Å². The third-order valence-corrected chi connectivity index (χ3v) is 4.34. The number of aryl methyl sites for hydroxylation is 1. The summed E-state index contributed by atoms with van der Waals surface area (Å²) in [6.45, 7) is 2.01. The number of hydrogen-bond donors (Lipinski definition) is 0. The molecule has 0 amide bonds. The largest absolute Gasteiger partial charge is 0.464 e. The molecule has 26 heavy (non-hydrogen) atoms. The average Bonchev–Trinajstić information content (AvgIpc) is 3.04. The maximum Gasteiger partial charge on any atom is 0.315 e. The topological polar surface area (TPSA) is 39.4 Å². The van der Waals surface area contributed by atoms with Crippen LogP contribution in [0.5, 0.6) is 5.75 Å². The first-order valence-corrected chi connectivity index (χ1v) is 8.52. The zero-order valence-corrected chi connectivity index (χ0v) is 14.4. The molecule has 1 aromatic heterocycles. The lowest BCUT2D eigenvalue weighted by atomic mass is 10.1. The van der Waals surface area contributed by atoms with Crippen LogP contribution < -0.4 is 4.74 Å². The first-order chi connectivity index (χ1) is 12.7. The molecule has 0 bridgehead atoms. The molecule has 0 aliphatic carbocycles. The smallest absolute Gasteiger partial charge is 0.315 e. The van der Waals surface area contributed by atoms with Crippen molar-refractivity contribution < 1.29 is 13.9 Å². The maximum absolute atomic E-state index is 12.3. The van der Waals surface area contributed by atoms with Crippen molar-refractivity contribution in [3.8, 4) is 16.9 Å². The standard InChI is InChI=1S/C23H18O3/c1-16-7-12-21-19(15-25-22(21)13-16)14-23(24)26-20-10-8-18(9-11-20)17-5-3-2-4-6-17/h2-13,15H,14H2,1H3. The Balaban J connectivity index is 1.46. The van der Waals surface area contributed by atoms with Crippen LogP contribution >= 0.6 is 0 Å². The highest BCUT2D eigenvalue weighted by Gasteiger charge is 2.12. The van der Waals surface area contributed by atoms with Crippen molar-refractivity contribution >= 4 is 16.9 Å². The fraction of sp³-hybridized carbons (Fsp3) is 0.0870. The van der Waals surface area contributed by atoms with Crippen LogP contribution in [0.15, 0.2) is 83.5 Å². The molecule has 0 aliphatic rings. The fourth-order valence-electron chi connectivity index (χ4n) is 3.00. The molecule has 1 heterocycles. The third-order valence-electron chi connectivity index (χ3n) is 4.34. The van der Waals surface area contributed by atoms with Gasteiger partial charge in [0.1, 0.15) is 11.3 Å². The Morgan fingerprint density at radius 2 is 1.65 bits per heavy atom. The number of hydrogen-bond acceptors (Lipinski definition) is 3. The molecular weight excluding hydrogens is 324 g/mol. The van der Waals surface area contributed by atoms with Crippen LogP contribution in [0.2, 0.25) is 0 Å². The van der Waals surface area contributed by atoms with Crippen LogP contribution in [-0.4, -0.2) is 5.97 Å². The SMILES string of the molecule is Cc1ccc2c(CC(=O)Oc3ccc(-c4ccccc4)cc3)coc2c1. The number of fused-ring (bicyclic) bond motifs is 1. The first kappa shape index (κ1) is 16.2. The van der Waals surface area contributed by atoms with E-state index in [2.05, 4.69) is 0 Å². The third kappa shape index (κ3) is 3.38. The lowest BCUT2D eigenvalue weighted by molar-refractivity contribution is -0.133. The van der Waals surface area contributed by atoms with Gasteiger partial charge in [0.25, 0.3) is 0 Å². The van der Waals surface area contributed by atoms with Crippen LogP contribution in [0.25, 0.3) is 22.1 Å². The summed E-state index contributed by atoms with van der Waals surface area (Å²) in [7, 11) is 0. The molecule has 0 atom stereocenters. The van der Waals surface area contributed by atoms with E-state index < -0.39 is 0 Å². The van der Waals surface area contributed by atoms with E-state index in [1.54, 1.807) is 6.26 Å². The second-order valence-corrected chi connectivity index (χ2v) is 6.30. The van der Waals surface area contributed by atoms with Crippen molar-refractivity contribution in [1.29, 1.82) is 0 Å². The molecule has 4 rings (SSSR count). The van der Waals surface area contributed by atoms with Gasteiger partial charge in [-0.2, -0.15) is 0 Å². The molecular formula is C23H18O3. The zero-order chi connectivity index (χ0) is 17.9. The molecule has 128 valence electrons. The van der Waals surface area contributed by atoms with Crippen LogP contribution in [0.3, 0.4) is 0 Å². The molecule has 0 unspecified atom stereocenters. The summed E-state index contributed by atoms with van der Waals surface area (Å²) >= 11 is 0. The van der Waals surface area contributed by atoms with E-state index in [-0.39, 0.29) is 12.4 Å². The van der Waals surface area contributed by atoms with Gasteiger partial charge in [-0.1, -0.05) is 54.6 Å². The molecule has 0 fully saturated rings. The van der Waals surface area contributed by atoms with Crippen molar-refractivity contribution in [3.63, 3.8) is 0 Å². The van der Waals surface area contributed by atoms with Crippen LogP contribution in [0.4, 0.5) is 0 Å². The number of benzene rings is 3. The minimum absolute atomic E-state index is 0.177. The minimum Gasteiger partial charge on any atom is -0.464 e. The molecule has 3 aromatic carbocycles. The number of rotatable bonds is 4. The normalized spacial score (nSPS) is 10.8. The number of esters is 1. The summed E-state index contributed by atoms with van der Waals surface area (Å²) in [4.78, 5) is 12.3. The van der Waals surface area contributed by atoms with E-state index in [0.717, 1.165) is 33.2 Å². The molecule has 0 N–H and O–H groups in total.